The summed E-state index contributed by atoms with van der Waals surface area (Å²) in [4.78, 5) is 13.9. The lowest BCUT2D eigenvalue weighted by Crippen LogP contribution is -2.51. The van der Waals surface area contributed by atoms with Crippen molar-refractivity contribution in [3.63, 3.8) is 0 Å². The van der Waals surface area contributed by atoms with Crippen LogP contribution in [0.1, 0.15) is 33.6 Å². The molecule has 1 unspecified atom stereocenters. The van der Waals surface area contributed by atoms with Crippen LogP contribution in [0, 0.1) is 0 Å². The molecule has 136 valence electrons. The van der Waals surface area contributed by atoms with E-state index in [0.29, 0.717) is 26.3 Å². The highest BCUT2D eigenvalue weighted by Gasteiger charge is 2.37. The number of ether oxygens (including phenoxy) is 4. The molecule has 1 aliphatic rings. The second-order valence-corrected chi connectivity index (χ2v) is 7.47. The summed E-state index contributed by atoms with van der Waals surface area (Å²) >= 11 is 3.55. The van der Waals surface area contributed by atoms with E-state index in [1.54, 1.807) is 19.1 Å². The molecule has 1 saturated heterocycles. The Kier molecular flexibility index (Phi) is 8.27. The zero-order valence-corrected chi connectivity index (χ0v) is 16.5. The molecule has 0 bridgehead atoms. The van der Waals surface area contributed by atoms with Crippen LogP contribution >= 0.6 is 15.9 Å². The van der Waals surface area contributed by atoms with Crippen LogP contribution < -0.4 is 0 Å². The first-order chi connectivity index (χ1) is 10.7. The number of methoxy groups -OCH3 is 2. The highest BCUT2D eigenvalue weighted by molar-refractivity contribution is 9.09. The summed E-state index contributed by atoms with van der Waals surface area (Å²) in [5.74, 6) is 0. The maximum atomic E-state index is 12.1. The Bertz CT molecular complexity index is 364. The van der Waals surface area contributed by atoms with Crippen molar-refractivity contribution in [1.29, 1.82) is 0 Å². The number of halogens is 1. The maximum absolute atomic E-state index is 12.1. The monoisotopic (exact) mass is 395 g/mol. The van der Waals surface area contributed by atoms with E-state index in [1.807, 2.05) is 20.8 Å². The number of carbonyl (C=O) groups is 1. The maximum Gasteiger partial charge on any atom is 0.410 e. The van der Waals surface area contributed by atoms with Gasteiger partial charge >= 0.3 is 6.09 Å². The van der Waals surface area contributed by atoms with Gasteiger partial charge in [-0.25, -0.2) is 4.79 Å². The Morgan fingerprint density at radius 2 is 1.83 bits per heavy atom. The Hall–Kier alpha value is -0.370. The molecule has 1 atom stereocenters. The van der Waals surface area contributed by atoms with Crippen molar-refractivity contribution in [2.24, 2.45) is 0 Å². The second-order valence-electron chi connectivity index (χ2n) is 6.91. The molecule has 23 heavy (non-hydrogen) atoms. The van der Waals surface area contributed by atoms with Crippen LogP contribution in [0.25, 0.3) is 0 Å². The summed E-state index contributed by atoms with van der Waals surface area (Å²) in [6.45, 7) is 7.86. The van der Waals surface area contributed by atoms with E-state index in [9.17, 15) is 4.79 Å². The standard InChI is InChI=1S/C16H30BrNO5/c1-15(2,3)23-14(19)18-8-6-16(12-17,7-9-18)22-11-13(21-5)10-20-4/h13H,6-12H2,1-5H3. The van der Waals surface area contributed by atoms with Gasteiger partial charge in [0.25, 0.3) is 0 Å². The predicted molar refractivity (Wildman–Crippen MR) is 92.2 cm³/mol. The Labute approximate surface area is 147 Å². The second kappa shape index (κ2) is 9.20. The number of hydrogen-bond donors (Lipinski definition) is 0. The van der Waals surface area contributed by atoms with Gasteiger partial charge in [0.15, 0.2) is 0 Å². The van der Waals surface area contributed by atoms with Crippen LogP contribution in [0.4, 0.5) is 4.79 Å². The SMILES string of the molecule is COCC(COC1(CBr)CCN(C(=O)OC(C)(C)C)CC1)OC. The van der Waals surface area contributed by atoms with Gasteiger partial charge in [0.1, 0.15) is 11.7 Å². The topological polar surface area (TPSA) is 57.2 Å². The third-order valence-electron chi connectivity index (χ3n) is 3.83. The molecule has 0 aromatic carbocycles. The van der Waals surface area contributed by atoms with E-state index >= 15 is 0 Å². The molecule has 0 saturated carbocycles. The predicted octanol–water partition coefficient (Wildman–Crippen LogP) is 2.83. The lowest BCUT2D eigenvalue weighted by molar-refractivity contribution is -0.111. The summed E-state index contributed by atoms with van der Waals surface area (Å²) in [7, 11) is 3.30. The molecule has 1 heterocycles. The lowest BCUT2D eigenvalue weighted by atomic mass is 9.93. The van der Waals surface area contributed by atoms with Crippen molar-refractivity contribution in [2.45, 2.75) is 50.9 Å². The summed E-state index contributed by atoms with van der Waals surface area (Å²) in [6, 6.07) is 0. The van der Waals surface area contributed by atoms with Crippen molar-refractivity contribution in [3.8, 4) is 0 Å². The van der Waals surface area contributed by atoms with Gasteiger partial charge in [-0.15, -0.1) is 0 Å². The third kappa shape index (κ3) is 6.95. The van der Waals surface area contributed by atoms with Gasteiger partial charge in [0, 0.05) is 32.6 Å². The number of rotatable bonds is 7. The first-order valence-corrected chi connectivity index (χ1v) is 9.07. The lowest BCUT2D eigenvalue weighted by Gasteiger charge is -2.41. The molecule has 7 heteroatoms. The van der Waals surface area contributed by atoms with E-state index in [1.165, 1.54) is 0 Å². The molecular formula is C16H30BrNO5. The van der Waals surface area contributed by atoms with Gasteiger partial charge in [0.2, 0.25) is 0 Å². The van der Waals surface area contributed by atoms with Crippen LogP contribution in [0.5, 0.6) is 0 Å². The molecule has 0 aromatic rings. The van der Waals surface area contributed by atoms with Gasteiger partial charge in [-0.1, -0.05) is 15.9 Å². The van der Waals surface area contributed by atoms with Gasteiger partial charge in [-0.05, 0) is 33.6 Å². The van der Waals surface area contributed by atoms with Crippen LogP contribution in [-0.4, -0.2) is 74.2 Å². The summed E-state index contributed by atoms with van der Waals surface area (Å²) < 4.78 is 22.0. The van der Waals surface area contributed by atoms with Crippen molar-refractivity contribution in [2.75, 3.05) is 45.9 Å². The zero-order chi connectivity index (χ0) is 17.5. The fourth-order valence-corrected chi connectivity index (χ4v) is 3.10. The Balaban J connectivity index is 2.51. The average Bonchev–Trinajstić information content (AvgIpc) is 2.50. The first-order valence-electron chi connectivity index (χ1n) is 7.95. The van der Waals surface area contributed by atoms with E-state index in [4.69, 9.17) is 18.9 Å². The minimum absolute atomic E-state index is 0.0835. The summed E-state index contributed by atoms with van der Waals surface area (Å²) in [5.41, 5.74) is -0.744. The smallest absolute Gasteiger partial charge is 0.410 e. The number of amides is 1. The van der Waals surface area contributed by atoms with Gasteiger partial charge in [-0.3, -0.25) is 0 Å². The molecule has 1 fully saturated rings. The van der Waals surface area contributed by atoms with E-state index < -0.39 is 5.60 Å². The molecule has 1 amide bonds. The van der Waals surface area contributed by atoms with Crippen molar-refractivity contribution in [3.05, 3.63) is 0 Å². The van der Waals surface area contributed by atoms with Gasteiger partial charge in [-0.2, -0.15) is 0 Å². The molecule has 1 aliphatic heterocycles. The molecule has 0 radical (unpaired) electrons. The Morgan fingerprint density at radius 3 is 2.26 bits per heavy atom. The molecule has 0 N–H and O–H groups in total. The minimum atomic E-state index is -0.469. The molecule has 1 rings (SSSR count). The molecule has 0 aliphatic carbocycles. The zero-order valence-electron chi connectivity index (χ0n) is 14.9. The van der Waals surface area contributed by atoms with E-state index in [0.717, 1.165) is 18.2 Å². The van der Waals surface area contributed by atoms with Gasteiger partial charge < -0.3 is 23.8 Å². The molecule has 6 nitrogen and oxygen atoms in total. The van der Waals surface area contributed by atoms with Crippen molar-refractivity contribution in [1.82, 2.24) is 4.90 Å². The number of alkyl halides is 1. The first kappa shape index (κ1) is 20.7. The number of carbonyl (C=O) groups excluding carboxylic acids is 1. The van der Waals surface area contributed by atoms with Crippen molar-refractivity contribution < 1.29 is 23.7 Å². The van der Waals surface area contributed by atoms with Crippen molar-refractivity contribution >= 4 is 22.0 Å². The molecule has 0 aromatic heterocycles. The summed E-state index contributed by atoms with van der Waals surface area (Å²) in [5, 5.41) is 0.728. The largest absolute Gasteiger partial charge is 0.444 e. The highest BCUT2D eigenvalue weighted by Crippen LogP contribution is 2.29. The normalized spacial score (nSPS) is 19.5. The third-order valence-corrected chi connectivity index (χ3v) is 4.85. The number of hydrogen-bond acceptors (Lipinski definition) is 5. The Morgan fingerprint density at radius 1 is 1.22 bits per heavy atom. The minimum Gasteiger partial charge on any atom is -0.444 e. The molecule has 0 spiro atoms. The van der Waals surface area contributed by atoms with Gasteiger partial charge in [0.05, 0.1) is 18.8 Å². The van der Waals surface area contributed by atoms with E-state index in [-0.39, 0.29) is 17.8 Å². The van der Waals surface area contributed by atoms with Crippen LogP contribution in [0.3, 0.4) is 0 Å². The highest BCUT2D eigenvalue weighted by atomic mass is 79.9. The summed E-state index contributed by atoms with van der Waals surface area (Å²) in [6.07, 6.45) is 1.19. The number of likely N-dealkylation sites (tertiary alicyclic amines) is 1. The average molecular weight is 396 g/mol. The van der Waals surface area contributed by atoms with Crippen LogP contribution in [-0.2, 0) is 18.9 Å². The van der Waals surface area contributed by atoms with E-state index in [2.05, 4.69) is 15.9 Å². The fraction of sp³-hybridized carbons (Fsp3) is 0.938. The fourth-order valence-electron chi connectivity index (χ4n) is 2.38. The van der Waals surface area contributed by atoms with Crippen LogP contribution in [0.15, 0.2) is 0 Å². The number of piperidine rings is 1. The van der Waals surface area contributed by atoms with Crippen LogP contribution in [0.2, 0.25) is 0 Å². The number of nitrogens with zero attached hydrogens (tertiary/aromatic N) is 1. The quantitative estimate of drug-likeness (QED) is 0.620. The molecular weight excluding hydrogens is 366 g/mol.